The summed E-state index contributed by atoms with van der Waals surface area (Å²) in [4.78, 5) is 16.8. The molecular weight excluding hydrogens is 442 g/mol. The fourth-order valence-corrected chi connectivity index (χ4v) is 4.84. The van der Waals surface area contributed by atoms with Gasteiger partial charge in [-0.1, -0.05) is 88.1 Å². The van der Waals surface area contributed by atoms with Gasteiger partial charge in [0.25, 0.3) is 0 Å². The van der Waals surface area contributed by atoms with Crippen LogP contribution in [0.25, 0.3) is 0 Å². The zero-order valence-corrected chi connectivity index (χ0v) is 17.1. The monoisotopic (exact) mass is 450 g/mol. The van der Waals surface area contributed by atoms with Crippen LogP contribution in [0.2, 0.25) is 20.1 Å². The smallest absolute Gasteiger partial charge is 0.234 e. The summed E-state index contributed by atoms with van der Waals surface area (Å²) in [6.45, 7) is 0. The maximum absolute atomic E-state index is 12.2. The van der Waals surface area contributed by atoms with E-state index in [-0.39, 0.29) is 37.4 Å². The van der Waals surface area contributed by atoms with Gasteiger partial charge in [-0.25, -0.2) is 4.99 Å². The number of carbonyl (C=O) groups is 1. The van der Waals surface area contributed by atoms with E-state index in [2.05, 4.69) is 10.3 Å². The molecule has 0 unspecified atom stereocenters. The van der Waals surface area contributed by atoms with Crippen molar-refractivity contribution in [3.05, 3.63) is 56.0 Å². The summed E-state index contributed by atoms with van der Waals surface area (Å²) in [6.07, 6.45) is 0. The summed E-state index contributed by atoms with van der Waals surface area (Å²) in [6, 6.07) is 9.38. The molecule has 0 aromatic heterocycles. The highest BCUT2D eigenvalue weighted by Gasteiger charge is 2.18. The van der Waals surface area contributed by atoms with Crippen LogP contribution in [0.5, 0.6) is 0 Å². The van der Waals surface area contributed by atoms with Crippen LogP contribution in [0.1, 0.15) is 5.56 Å². The molecule has 0 saturated heterocycles. The Labute approximate surface area is 173 Å². The molecule has 1 aliphatic rings. The maximum Gasteiger partial charge on any atom is 0.234 e. The minimum atomic E-state index is -0.269. The zero-order chi connectivity index (χ0) is 18.0. The molecular formula is C16H10Cl4N2OS2. The summed E-state index contributed by atoms with van der Waals surface area (Å²) in [7, 11) is 0. The molecule has 0 saturated carbocycles. The second-order valence-electron chi connectivity index (χ2n) is 4.98. The van der Waals surface area contributed by atoms with Gasteiger partial charge in [-0.3, -0.25) is 4.79 Å². The molecule has 3 rings (SSSR count). The van der Waals surface area contributed by atoms with Crippen molar-refractivity contribution in [3.63, 3.8) is 0 Å². The largest absolute Gasteiger partial charge is 0.323 e. The van der Waals surface area contributed by atoms with Gasteiger partial charge in [-0.15, -0.1) is 0 Å². The summed E-state index contributed by atoms with van der Waals surface area (Å²) in [5, 5.41) is 3.43. The Hall–Kier alpha value is -0.560. The molecule has 1 heterocycles. The van der Waals surface area contributed by atoms with Crippen LogP contribution in [0.15, 0.2) is 35.3 Å². The van der Waals surface area contributed by atoms with Gasteiger partial charge >= 0.3 is 0 Å². The molecule has 25 heavy (non-hydrogen) atoms. The number of thioether (sulfide) groups is 2. The number of nitrogens with one attached hydrogen (secondary N) is 1. The Balaban J connectivity index is 1.66. The molecule has 0 bridgehead atoms. The zero-order valence-electron chi connectivity index (χ0n) is 12.5. The Bertz CT molecular complexity index is 847. The first-order valence-corrected chi connectivity index (χ1v) is 10.5. The van der Waals surface area contributed by atoms with Crippen LogP contribution < -0.4 is 5.32 Å². The van der Waals surface area contributed by atoms with E-state index in [4.69, 9.17) is 46.4 Å². The molecule has 9 heteroatoms. The molecule has 2 aromatic carbocycles. The number of aliphatic imine (C=N–C) groups is 1. The van der Waals surface area contributed by atoms with Crippen molar-refractivity contribution in [3.8, 4) is 0 Å². The molecule has 0 fully saturated rings. The highest BCUT2D eigenvalue weighted by atomic mass is 35.5. The third-order valence-electron chi connectivity index (χ3n) is 3.26. The lowest BCUT2D eigenvalue weighted by molar-refractivity contribution is -0.113. The number of halogens is 4. The molecule has 130 valence electrons. The topological polar surface area (TPSA) is 41.5 Å². The second-order valence-corrected chi connectivity index (χ2v) is 8.73. The Morgan fingerprint density at radius 3 is 2.56 bits per heavy atom. The van der Waals surface area contributed by atoms with Gasteiger partial charge in [-0.2, -0.15) is 0 Å². The maximum atomic E-state index is 12.2. The number of amides is 1. The number of rotatable bonds is 3. The minimum absolute atomic E-state index is 0.160. The first kappa shape index (κ1) is 19.2. The van der Waals surface area contributed by atoms with E-state index in [9.17, 15) is 4.79 Å². The first-order valence-electron chi connectivity index (χ1n) is 7.00. The average molecular weight is 452 g/mol. The predicted molar refractivity (Wildman–Crippen MR) is 112 cm³/mol. The fraction of sp³-hybridized carbons (Fsp3) is 0.125. The number of nitrogens with zero attached hydrogens (tertiary/aromatic N) is 1. The number of anilines is 1. The predicted octanol–water partition coefficient (Wildman–Crippen LogP) is 6.91. The SMILES string of the molecule is O=C(CSC1=Nc2ccccc2CS1)Nc1c(Cl)c(Cl)cc(Cl)c1Cl. The van der Waals surface area contributed by atoms with Crippen molar-refractivity contribution < 1.29 is 4.79 Å². The molecule has 0 aliphatic carbocycles. The van der Waals surface area contributed by atoms with Crippen molar-refractivity contribution in [1.82, 2.24) is 0 Å². The van der Waals surface area contributed by atoms with Crippen molar-refractivity contribution in [2.24, 2.45) is 4.99 Å². The summed E-state index contributed by atoms with van der Waals surface area (Å²) >= 11 is 27.1. The number of fused-ring (bicyclic) bond motifs is 1. The van der Waals surface area contributed by atoms with Crippen LogP contribution in [-0.2, 0) is 10.5 Å². The number of para-hydroxylation sites is 1. The van der Waals surface area contributed by atoms with E-state index in [1.54, 1.807) is 11.8 Å². The minimum Gasteiger partial charge on any atom is -0.323 e. The van der Waals surface area contributed by atoms with Crippen molar-refractivity contribution >= 4 is 91.6 Å². The highest BCUT2D eigenvalue weighted by Crippen LogP contribution is 2.41. The fourth-order valence-electron chi connectivity index (χ4n) is 2.07. The molecule has 1 aliphatic heterocycles. The lowest BCUT2D eigenvalue weighted by atomic mass is 10.2. The van der Waals surface area contributed by atoms with Crippen molar-refractivity contribution in [2.75, 3.05) is 11.1 Å². The third-order valence-corrected chi connectivity index (χ3v) is 7.08. The summed E-state index contributed by atoms with van der Waals surface area (Å²) in [5.74, 6) is 0.741. The van der Waals surface area contributed by atoms with Gasteiger partial charge in [0.15, 0.2) is 0 Å². The van der Waals surface area contributed by atoms with E-state index < -0.39 is 0 Å². The van der Waals surface area contributed by atoms with Gasteiger partial charge in [0.1, 0.15) is 4.38 Å². The lowest BCUT2D eigenvalue weighted by Gasteiger charge is -2.15. The van der Waals surface area contributed by atoms with Gasteiger partial charge in [0.05, 0.1) is 37.2 Å². The van der Waals surface area contributed by atoms with Crippen LogP contribution in [-0.4, -0.2) is 16.0 Å². The summed E-state index contributed by atoms with van der Waals surface area (Å²) < 4.78 is 0.843. The van der Waals surface area contributed by atoms with Crippen LogP contribution in [0, 0.1) is 0 Å². The second kappa shape index (κ2) is 8.42. The van der Waals surface area contributed by atoms with E-state index in [0.717, 1.165) is 15.8 Å². The van der Waals surface area contributed by atoms with Crippen molar-refractivity contribution in [2.45, 2.75) is 5.75 Å². The molecule has 0 spiro atoms. The van der Waals surface area contributed by atoms with Crippen LogP contribution >= 0.6 is 69.9 Å². The number of benzene rings is 2. The third kappa shape index (κ3) is 4.59. The van der Waals surface area contributed by atoms with Crippen molar-refractivity contribution in [1.29, 1.82) is 0 Å². The molecule has 1 N–H and O–H groups in total. The molecule has 0 radical (unpaired) electrons. The number of carbonyl (C=O) groups excluding carboxylic acids is 1. The Morgan fingerprint density at radius 2 is 1.84 bits per heavy atom. The summed E-state index contributed by atoms with van der Waals surface area (Å²) in [5.41, 5.74) is 2.35. The average Bonchev–Trinajstić information content (AvgIpc) is 2.61. The van der Waals surface area contributed by atoms with Crippen LogP contribution in [0.3, 0.4) is 0 Å². The van der Waals surface area contributed by atoms with E-state index in [1.807, 2.05) is 24.3 Å². The molecule has 3 nitrogen and oxygen atoms in total. The number of hydrogen-bond acceptors (Lipinski definition) is 4. The molecule has 0 atom stereocenters. The van der Waals surface area contributed by atoms with Gasteiger partial charge < -0.3 is 5.32 Å². The standard InChI is InChI=1S/C16H10Cl4N2OS2/c17-9-5-10(18)14(20)15(13(9)19)22-12(23)7-25-16-21-11-4-2-1-3-8(11)6-24-16/h1-5H,6-7H2,(H,22,23). The van der Waals surface area contributed by atoms with Gasteiger partial charge in [0.2, 0.25) is 5.91 Å². The van der Waals surface area contributed by atoms with E-state index in [0.29, 0.717) is 0 Å². The van der Waals surface area contributed by atoms with E-state index >= 15 is 0 Å². The first-order chi connectivity index (χ1) is 12.0. The van der Waals surface area contributed by atoms with Gasteiger partial charge in [0, 0.05) is 5.75 Å². The molecule has 1 amide bonds. The van der Waals surface area contributed by atoms with E-state index in [1.165, 1.54) is 23.4 Å². The number of hydrogen-bond donors (Lipinski definition) is 1. The molecule has 2 aromatic rings. The Kier molecular flexibility index (Phi) is 6.47. The quantitative estimate of drug-likeness (QED) is 0.515. The van der Waals surface area contributed by atoms with Gasteiger partial charge in [-0.05, 0) is 17.7 Å². The van der Waals surface area contributed by atoms with Crippen LogP contribution in [0.4, 0.5) is 11.4 Å². The Morgan fingerprint density at radius 1 is 1.16 bits per heavy atom. The highest BCUT2D eigenvalue weighted by molar-refractivity contribution is 8.38. The lowest BCUT2D eigenvalue weighted by Crippen LogP contribution is -2.16. The normalized spacial score (nSPS) is 13.2.